The summed E-state index contributed by atoms with van der Waals surface area (Å²) in [5, 5.41) is 12.1. The van der Waals surface area contributed by atoms with Crippen LogP contribution >= 0.6 is 0 Å². The summed E-state index contributed by atoms with van der Waals surface area (Å²) in [4.78, 5) is 0. The summed E-state index contributed by atoms with van der Waals surface area (Å²) in [5.74, 6) is 0. The second kappa shape index (κ2) is 8.14. The van der Waals surface area contributed by atoms with Gasteiger partial charge in [0.25, 0.3) is 0 Å². The largest absolute Gasteiger partial charge is 0.411 e. The predicted octanol–water partition coefficient (Wildman–Crippen LogP) is 2.24. The van der Waals surface area contributed by atoms with Crippen molar-refractivity contribution in [1.82, 2.24) is 5.32 Å². The van der Waals surface area contributed by atoms with E-state index in [0.717, 1.165) is 11.1 Å². The molecule has 0 aliphatic heterocycles. The quantitative estimate of drug-likeness (QED) is 0.716. The number of alkyl halides is 3. The average molecular weight is 277 g/mol. The Morgan fingerprint density at radius 3 is 2.63 bits per heavy atom. The summed E-state index contributed by atoms with van der Waals surface area (Å²) < 4.78 is 39.8. The maximum atomic E-state index is 11.8. The number of hydrogen-bond donors (Lipinski definition) is 2. The highest BCUT2D eigenvalue weighted by molar-refractivity contribution is 5.22. The molecule has 19 heavy (non-hydrogen) atoms. The number of aliphatic hydroxyl groups excluding tert-OH is 1. The molecule has 0 radical (unpaired) electrons. The molecule has 0 aromatic heterocycles. The van der Waals surface area contributed by atoms with Crippen LogP contribution in [0.4, 0.5) is 13.2 Å². The summed E-state index contributed by atoms with van der Waals surface area (Å²) in [6, 6.07) is 7.49. The van der Waals surface area contributed by atoms with E-state index in [2.05, 4.69) is 10.1 Å². The zero-order valence-electron chi connectivity index (χ0n) is 10.5. The first-order valence-corrected chi connectivity index (χ1v) is 6.05. The van der Waals surface area contributed by atoms with Gasteiger partial charge in [0.05, 0.1) is 6.61 Å². The number of ether oxygens (including phenoxy) is 1. The van der Waals surface area contributed by atoms with Crippen molar-refractivity contribution < 1.29 is 23.0 Å². The average Bonchev–Trinajstić information content (AvgIpc) is 2.36. The normalized spacial score (nSPS) is 11.8. The Morgan fingerprint density at radius 2 is 1.95 bits per heavy atom. The molecule has 108 valence electrons. The second-order valence-corrected chi connectivity index (χ2v) is 4.18. The molecule has 0 unspecified atom stereocenters. The molecular formula is C13H18F3NO2. The van der Waals surface area contributed by atoms with Crippen molar-refractivity contribution in [1.29, 1.82) is 0 Å². The molecule has 0 amide bonds. The SMILES string of the molecule is OCc1cccc(CNCCCOCC(F)(F)F)c1. The standard InChI is InChI=1S/C13H18F3NO2/c14-13(15,16)10-19-6-2-5-17-8-11-3-1-4-12(7-11)9-18/h1,3-4,7,17-18H,2,5-6,8-10H2. The van der Waals surface area contributed by atoms with Gasteiger partial charge >= 0.3 is 6.18 Å². The van der Waals surface area contributed by atoms with Crippen LogP contribution in [0.1, 0.15) is 17.5 Å². The molecule has 0 aliphatic rings. The van der Waals surface area contributed by atoms with Crippen molar-refractivity contribution >= 4 is 0 Å². The topological polar surface area (TPSA) is 41.5 Å². The Kier molecular flexibility index (Phi) is 6.83. The molecule has 0 spiro atoms. The first-order chi connectivity index (χ1) is 9.01. The van der Waals surface area contributed by atoms with Gasteiger partial charge in [0.15, 0.2) is 0 Å². The van der Waals surface area contributed by atoms with Crippen LogP contribution in [-0.2, 0) is 17.9 Å². The van der Waals surface area contributed by atoms with Crippen molar-refractivity contribution in [3.63, 3.8) is 0 Å². The van der Waals surface area contributed by atoms with E-state index < -0.39 is 12.8 Å². The summed E-state index contributed by atoms with van der Waals surface area (Å²) >= 11 is 0. The summed E-state index contributed by atoms with van der Waals surface area (Å²) in [6.45, 7) is 0.0994. The molecule has 0 bridgehead atoms. The van der Waals surface area contributed by atoms with Gasteiger partial charge in [-0.05, 0) is 24.1 Å². The third kappa shape index (κ3) is 7.81. The van der Waals surface area contributed by atoms with Gasteiger partial charge in [-0.1, -0.05) is 24.3 Å². The molecule has 0 saturated heterocycles. The van der Waals surface area contributed by atoms with E-state index in [1.54, 1.807) is 0 Å². The third-order valence-corrected chi connectivity index (χ3v) is 2.41. The van der Waals surface area contributed by atoms with E-state index in [0.29, 0.717) is 19.5 Å². The van der Waals surface area contributed by atoms with Crippen LogP contribution in [0.25, 0.3) is 0 Å². The minimum atomic E-state index is -4.25. The Bertz CT molecular complexity index is 369. The molecule has 1 aromatic rings. The molecule has 6 heteroatoms. The fraction of sp³-hybridized carbons (Fsp3) is 0.538. The number of benzene rings is 1. The number of halogens is 3. The van der Waals surface area contributed by atoms with Crippen LogP contribution < -0.4 is 5.32 Å². The number of aliphatic hydroxyl groups is 1. The number of hydrogen-bond acceptors (Lipinski definition) is 3. The van der Waals surface area contributed by atoms with Crippen molar-refractivity contribution in [3.05, 3.63) is 35.4 Å². The first-order valence-electron chi connectivity index (χ1n) is 6.05. The maximum absolute atomic E-state index is 11.8. The molecule has 0 aliphatic carbocycles. The Labute approximate surface area is 110 Å². The van der Waals surface area contributed by atoms with Crippen LogP contribution in [0.2, 0.25) is 0 Å². The van der Waals surface area contributed by atoms with Crippen LogP contribution in [0.3, 0.4) is 0 Å². The van der Waals surface area contributed by atoms with Crippen LogP contribution in [0.5, 0.6) is 0 Å². The molecule has 0 saturated carbocycles. The van der Waals surface area contributed by atoms with E-state index in [9.17, 15) is 13.2 Å². The lowest BCUT2D eigenvalue weighted by Crippen LogP contribution is -2.20. The third-order valence-electron chi connectivity index (χ3n) is 2.41. The summed E-state index contributed by atoms with van der Waals surface area (Å²) in [6.07, 6.45) is -3.73. The first kappa shape index (κ1) is 15.9. The lowest BCUT2D eigenvalue weighted by molar-refractivity contribution is -0.173. The Morgan fingerprint density at radius 1 is 1.21 bits per heavy atom. The van der Waals surface area contributed by atoms with Gasteiger partial charge in [-0.2, -0.15) is 13.2 Å². The van der Waals surface area contributed by atoms with Gasteiger partial charge in [-0.3, -0.25) is 0 Å². The molecule has 0 fully saturated rings. The second-order valence-electron chi connectivity index (χ2n) is 4.18. The minimum absolute atomic E-state index is 0.000871. The molecule has 1 aromatic carbocycles. The van der Waals surface area contributed by atoms with E-state index in [1.807, 2.05) is 24.3 Å². The van der Waals surface area contributed by atoms with Crippen LogP contribution in [-0.4, -0.2) is 31.0 Å². The van der Waals surface area contributed by atoms with Gasteiger partial charge in [0.2, 0.25) is 0 Å². The monoisotopic (exact) mass is 277 g/mol. The van der Waals surface area contributed by atoms with Crippen molar-refractivity contribution in [3.8, 4) is 0 Å². The molecule has 0 atom stereocenters. The van der Waals surface area contributed by atoms with Gasteiger partial charge in [0, 0.05) is 13.2 Å². The molecular weight excluding hydrogens is 259 g/mol. The van der Waals surface area contributed by atoms with Crippen LogP contribution in [0, 0.1) is 0 Å². The van der Waals surface area contributed by atoms with Gasteiger partial charge in [-0.15, -0.1) is 0 Å². The Balaban J connectivity index is 2.07. The van der Waals surface area contributed by atoms with Crippen LogP contribution in [0.15, 0.2) is 24.3 Å². The highest BCUT2D eigenvalue weighted by Gasteiger charge is 2.27. The van der Waals surface area contributed by atoms with E-state index in [4.69, 9.17) is 5.11 Å². The zero-order valence-corrected chi connectivity index (χ0v) is 10.5. The van der Waals surface area contributed by atoms with Crippen molar-refractivity contribution in [2.75, 3.05) is 19.8 Å². The van der Waals surface area contributed by atoms with Gasteiger partial charge in [0.1, 0.15) is 6.61 Å². The van der Waals surface area contributed by atoms with Crippen molar-refractivity contribution in [2.24, 2.45) is 0 Å². The van der Waals surface area contributed by atoms with E-state index >= 15 is 0 Å². The smallest absolute Gasteiger partial charge is 0.392 e. The van der Waals surface area contributed by atoms with Gasteiger partial charge < -0.3 is 15.2 Å². The Hall–Kier alpha value is -1.11. The minimum Gasteiger partial charge on any atom is -0.392 e. The fourth-order valence-electron chi connectivity index (χ4n) is 1.56. The van der Waals surface area contributed by atoms with Gasteiger partial charge in [-0.25, -0.2) is 0 Å². The highest BCUT2D eigenvalue weighted by Crippen LogP contribution is 2.14. The van der Waals surface area contributed by atoms with Crippen molar-refractivity contribution in [2.45, 2.75) is 25.7 Å². The lowest BCUT2D eigenvalue weighted by atomic mass is 10.1. The summed E-state index contributed by atoms with van der Waals surface area (Å²) in [5.41, 5.74) is 1.87. The molecule has 3 nitrogen and oxygen atoms in total. The fourth-order valence-corrected chi connectivity index (χ4v) is 1.56. The summed E-state index contributed by atoms with van der Waals surface area (Å²) in [7, 11) is 0. The highest BCUT2D eigenvalue weighted by atomic mass is 19.4. The molecule has 0 heterocycles. The lowest BCUT2D eigenvalue weighted by Gasteiger charge is -2.08. The molecule has 2 N–H and O–H groups in total. The van der Waals surface area contributed by atoms with E-state index in [-0.39, 0.29) is 13.2 Å². The predicted molar refractivity (Wildman–Crippen MR) is 65.6 cm³/mol. The van der Waals surface area contributed by atoms with E-state index in [1.165, 1.54) is 0 Å². The zero-order chi connectivity index (χ0) is 14.1. The maximum Gasteiger partial charge on any atom is 0.411 e. The molecule has 1 rings (SSSR count). The number of nitrogens with one attached hydrogen (secondary N) is 1. The number of rotatable bonds is 8.